The number of non-ortho nitro benzene ring substituents is 1. The molecule has 0 radical (unpaired) electrons. The number of halogens is 1. The smallest absolute Gasteiger partial charge is 0.271 e. The van der Waals surface area contributed by atoms with Gasteiger partial charge >= 0.3 is 0 Å². The Bertz CT molecular complexity index is 1100. The van der Waals surface area contributed by atoms with Crippen molar-refractivity contribution in [1.29, 1.82) is 0 Å². The van der Waals surface area contributed by atoms with Gasteiger partial charge in [-0.2, -0.15) is 4.99 Å². The van der Waals surface area contributed by atoms with Gasteiger partial charge in [0.1, 0.15) is 0 Å². The van der Waals surface area contributed by atoms with E-state index in [-0.39, 0.29) is 18.0 Å². The van der Waals surface area contributed by atoms with E-state index >= 15 is 0 Å². The van der Waals surface area contributed by atoms with Crippen LogP contribution < -0.4 is 4.80 Å². The summed E-state index contributed by atoms with van der Waals surface area (Å²) in [5.41, 5.74) is 0.668. The van der Waals surface area contributed by atoms with Crippen molar-refractivity contribution in [3.8, 4) is 0 Å². The molecule has 6 nitrogen and oxygen atoms in total. The topological polar surface area (TPSA) is 77.5 Å². The van der Waals surface area contributed by atoms with Crippen LogP contribution in [0.15, 0.2) is 65.0 Å². The third kappa shape index (κ3) is 4.89. The Morgan fingerprint density at radius 3 is 2.75 bits per heavy atom. The first-order valence-electron chi connectivity index (χ1n) is 8.32. The van der Waals surface area contributed by atoms with Gasteiger partial charge in [-0.25, -0.2) is 0 Å². The van der Waals surface area contributed by atoms with E-state index in [2.05, 4.69) is 11.6 Å². The standard InChI is InChI=1S/C19H16ClN3O3S2/c1-2-10-22-16-12-14(23(25)26)5-8-17(16)28-19(22)21-18(24)9-11-27-15-6-3-13(20)4-7-15/h2-8,12H,1,9-11H2. The number of nitro groups is 1. The first kappa shape index (κ1) is 20.3. The monoisotopic (exact) mass is 433 g/mol. The maximum atomic E-state index is 12.3. The number of fused-ring (bicyclic) bond motifs is 1. The Morgan fingerprint density at radius 2 is 2.07 bits per heavy atom. The molecule has 0 aliphatic heterocycles. The lowest BCUT2D eigenvalue weighted by atomic mass is 10.3. The van der Waals surface area contributed by atoms with E-state index in [0.717, 1.165) is 9.60 Å². The van der Waals surface area contributed by atoms with Crippen LogP contribution in [-0.4, -0.2) is 21.2 Å². The van der Waals surface area contributed by atoms with E-state index in [0.29, 0.717) is 27.6 Å². The van der Waals surface area contributed by atoms with Gasteiger partial charge in [-0.15, -0.1) is 18.3 Å². The predicted octanol–water partition coefficient (Wildman–Crippen LogP) is 5.06. The summed E-state index contributed by atoms with van der Waals surface area (Å²) in [5, 5.41) is 11.7. The molecule has 1 amide bonds. The average molecular weight is 434 g/mol. The number of nitro benzene ring substituents is 1. The number of thiazole rings is 1. The first-order valence-corrected chi connectivity index (χ1v) is 10.5. The van der Waals surface area contributed by atoms with Gasteiger partial charge in [-0.05, 0) is 30.3 Å². The van der Waals surface area contributed by atoms with Crippen LogP contribution in [0.1, 0.15) is 6.42 Å². The highest BCUT2D eigenvalue weighted by Crippen LogP contribution is 2.23. The van der Waals surface area contributed by atoms with Gasteiger partial charge in [0, 0.05) is 40.8 Å². The minimum absolute atomic E-state index is 0.000327. The highest BCUT2D eigenvalue weighted by Gasteiger charge is 2.12. The van der Waals surface area contributed by atoms with Gasteiger partial charge < -0.3 is 4.57 Å². The number of aromatic nitrogens is 1. The van der Waals surface area contributed by atoms with Crippen LogP contribution >= 0.6 is 34.7 Å². The van der Waals surface area contributed by atoms with Crippen LogP contribution in [0.3, 0.4) is 0 Å². The van der Waals surface area contributed by atoms with Crippen molar-refractivity contribution in [2.75, 3.05) is 5.75 Å². The van der Waals surface area contributed by atoms with Crippen molar-refractivity contribution in [3.63, 3.8) is 0 Å². The van der Waals surface area contributed by atoms with Gasteiger partial charge in [0.25, 0.3) is 5.69 Å². The number of rotatable bonds is 7. The maximum absolute atomic E-state index is 12.3. The number of thioether (sulfide) groups is 1. The minimum atomic E-state index is -0.439. The van der Waals surface area contributed by atoms with E-state index in [1.165, 1.54) is 23.5 Å². The second kappa shape index (κ2) is 9.18. The van der Waals surface area contributed by atoms with Crippen molar-refractivity contribution >= 4 is 56.5 Å². The Morgan fingerprint density at radius 1 is 1.32 bits per heavy atom. The van der Waals surface area contributed by atoms with Gasteiger partial charge in [0.05, 0.1) is 15.1 Å². The fourth-order valence-corrected chi connectivity index (χ4v) is 4.52. The number of benzene rings is 2. The second-order valence-corrected chi connectivity index (χ2v) is 8.36. The van der Waals surface area contributed by atoms with Crippen LogP contribution in [0.4, 0.5) is 5.69 Å². The number of nitrogens with zero attached hydrogens (tertiary/aromatic N) is 3. The van der Waals surface area contributed by atoms with Crippen LogP contribution in [0, 0.1) is 10.1 Å². The molecule has 144 valence electrons. The SMILES string of the molecule is C=CCn1c(=NC(=O)CCSc2ccc(Cl)cc2)sc2ccc([N+](=O)[O-])cc21. The third-order valence-electron chi connectivity index (χ3n) is 3.81. The lowest BCUT2D eigenvalue weighted by Crippen LogP contribution is -2.16. The number of carbonyl (C=O) groups excluding carboxylic acids is 1. The van der Waals surface area contributed by atoms with Crippen molar-refractivity contribution in [2.45, 2.75) is 17.9 Å². The molecule has 0 saturated carbocycles. The molecule has 0 aliphatic rings. The largest absolute Gasteiger partial charge is 0.312 e. The summed E-state index contributed by atoms with van der Waals surface area (Å²) >= 11 is 8.75. The molecule has 1 aromatic heterocycles. The van der Waals surface area contributed by atoms with E-state index in [1.807, 2.05) is 24.3 Å². The number of amides is 1. The third-order valence-corrected chi connectivity index (χ3v) is 6.13. The summed E-state index contributed by atoms with van der Waals surface area (Å²) in [6.45, 7) is 4.13. The lowest BCUT2D eigenvalue weighted by Gasteiger charge is -2.01. The van der Waals surface area contributed by atoms with Crippen LogP contribution in [-0.2, 0) is 11.3 Å². The van der Waals surface area contributed by atoms with Gasteiger partial charge in [-0.1, -0.05) is 29.0 Å². The van der Waals surface area contributed by atoms with E-state index in [9.17, 15) is 14.9 Å². The Labute approximate surface area is 174 Å². The van der Waals surface area contributed by atoms with Crippen molar-refractivity contribution in [3.05, 3.63) is 75.1 Å². The second-order valence-electron chi connectivity index (χ2n) is 5.75. The number of hydrogen-bond acceptors (Lipinski definition) is 5. The molecular weight excluding hydrogens is 418 g/mol. The summed E-state index contributed by atoms with van der Waals surface area (Å²) in [5.74, 6) is 0.363. The average Bonchev–Trinajstić information content (AvgIpc) is 3.00. The molecule has 0 fully saturated rings. The zero-order valence-corrected chi connectivity index (χ0v) is 17.1. The molecule has 9 heteroatoms. The molecular formula is C19H16ClN3O3S2. The minimum Gasteiger partial charge on any atom is -0.312 e. The van der Waals surface area contributed by atoms with Crippen molar-refractivity contribution < 1.29 is 9.72 Å². The Balaban J connectivity index is 1.80. The predicted molar refractivity (Wildman–Crippen MR) is 114 cm³/mol. The van der Waals surface area contributed by atoms with Crippen LogP contribution in [0.2, 0.25) is 5.02 Å². The zero-order chi connectivity index (χ0) is 20.1. The van der Waals surface area contributed by atoms with Gasteiger partial charge in [0.15, 0.2) is 4.80 Å². The summed E-state index contributed by atoms with van der Waals surface area (Å²) in [7, 11) is 0. The molecule has 3 rings (SSSR count). The van der Waals surface area contributed by atoms with E-state index in [4.69, 9.17) is 11.6 Å². The quantitative estimate of drug-likeness (QED) is 0.226. The summed E-state index contributed by atoms with van der Waals surface area (Å²) in [6.07, 6.45) is 1.96. The highest BCUT2D eigenvalue weighted by atomic mass is 35.5. The Kier molecular flexibility index (Phi) is 6.66. The molecule has 0 unspecified atom stereocenters. The fourth-order valence-electron chi connectivity index (χ4n) is 2.51. The van der Waals surface area contributed by atoms with Crippen LogP contribution in [0.5, 0.6) is 0 Å². The number of carbonyl (C=O) groups is 1. The molecule has 0 spiro atoms. The van der Waals surface area contributed by atoms with Crippen molar-refractivity contribution in [2.24, 2.45) is 4.99 Å². The zero-order valence-electron chi connectivity index (χ0n) is 14.7. The summed E-state index contributed by atoms with van der Waals surface area (Å²) < 4.78 is 2.60. The summed E-state index contributed by atoms with van der Waals surface area (Å²) in [4.78, 5) is 28.7. The van der Waals surface area contributed by atoms with Crippen molar-refractivity contribution in [1.82, 2.24) is 4.57 Å². The highest BCUT2D eigenvalue weighted by molar-refractivity contribution is 7.99. The molecule has 0 bridgehead atoms. The maximum Gasteiger partial charge on any atom is 0.271 e. The molecule has 0 N–H and O–H groups in total. The lowest BCUT2D eigenvalue weighted by molar-refractivity contribution is -0.384. The molecule has 0 atom stereocenters. The Hall–Kier alpha value is -2.42. The number of allylic oxidation sites excluding steroid dienone is 1. The first-order chi connectivity index (χ1) is 13.5. The molecule has 28 heavy (non-hydrogen) atoms. The molecule has 0 saturated heterocycles. The van der Waals surface area contributed by atoms with Gasteiger partial charge in [0.2, 0.25) is 5.91 Å². The molecule has 0 aliphatic carbocycles. The summed E-state index contributed by atoms with van der Waals surface area (Å²) in [6, 6.07) is 12.1. The molecule has 2 aromatic carbocycles. The van der Waals surface area contributed by atoms with Crippen LogP contribution in [0.25, 0.3) is 10.2 Å². The molecule has 3 aromatic rings. The number of hydrogen-bond donors (Lipinski definition) is 0. The van der Waals surface area contributed by atoms with E-state index in [1.54, 1.807) is 28.5 Å². The van der Waals surface area contributed by atoms with E-state index < -0.39 is 4.92 Å². The van der Waals surface area contributed by atoms with Gasteiger partial charge in [-0.3, -0.25) is 14.9 Å². The fraction of sp³-hybridized carbons (Fsp3) is 0.158. The normalized spacial score (nSPS) is 11.7. The molecule has 1 heterocycles.